The Morgan fingerprint density at radius 2 is 1.68 bits per heavy atom. The van der Waals surface area contributed by atoms with E-state index in [0.717, 1.165) is 38.4 Å². The van der Waals surface area contributed by atoms with Crippen molar-refractivity contribution in [3.8, 4) is 0 Å². The third-order valence-corrected chi connectivity index (χ3v) is 5.26. The molecule has 0 unspecified atom stereocenters. The van der Waals surface area contributed by atoms with Gasteiger partial charge in [0.05, 0.1) is 13.2 Å². The fourth-order valence-corrected chi connectivity index (χ4v) is 3.21. The molecule has 144 valence electrons. The average Bonchev–Trinajstić information content (AvgIpc) is 2.55. The van der Waals surface area contributed by atoms with Crippen LogP contribution in [0, 0.1) is 0 Å². The van der Waals surface area contributed by atoms with E-state index >= 15 is 0 Å². The summed E-state index contributed by atoms with van der Waals surface area (Å²) >= 11 is -0.643. The van der Waals surface area contributed by atoms with Gasteiger partial charge in [0.2, 0.25) is 0 Å². The van der Waals surface area contributed by atoms with Gasteiger partial charge >= 0.3 is 20.6 Å². The summed E-state index contributed by atoms with van der Waals surface area (Å²) in [6, 6.07) is 6.34. The fraction of sp³-hybridized carbons (Fsp3) is 0.571. The Balaban J connectivity index is 0.000000324. The van der Waals surface area contributed by atoms with Crippen LogP contribution in [0.2, 0.25) is 0 Å². The summed E-state index contributed by atoms with van der Waals surface area (Å²) in [5.41, 5.74) is 0. The van der Waals surface area contributed by atoms with Gasteiger partial charge in [-0.1, -0.05) is 25.1 Å². The first-order valence-electron chi connectivity index (χ1n) is 7.28. The molecule has 1 fully saturated rings. The second kappa shape index (κ2) is 9.17. The number of ether oxygens (including phenoxy) is 1. The molecular weight excluding hydrogens is 386 g/mol. The first kappa shape index (κ1) is 22.2. The smallest absolute Gasteiger partial charge is 0.379 e. The Morgan fingerprint density at radius 3 is 2.08 bits per heavy atom. The molecule has 1 heterocycles. The van der Waals surface area contributed by atoms with Crippen molar-refractivity contribution < 1.29 is 35.3 Å². The van der Waals surface area contributed by atoms with E-state index in [-0.39, 0.29) is 4.90 Å². The number of halogens is 4. The van der Waals surface area contributed by atoms with Crippen LogP contribution in [0.4, 0.5) is 17.6 Å². The van der Waals surface area contributed by atoms with Crippen molar-refractivity contribution in [2.45, 2.75) is 22.3 Å². The summed E-state index contributed by atoms with van der Waals surface area (Å²) in [5, 5.41) is -10.5. The number of benzene rings is 1. The van der Waals surface area contributed by atoms with Gasteiger partial charge in [-0.25, -0.2) is 0 Å². The largest absolute Gasteiger partial charge is 0.442 e. The van der Waals surface area contributed by atoms with Crippen LogP contribution in [0.3, 0.4) is 0 Å². The first-order valence-corrected chi connectivity index (χ1v) is 9.53. The minimum atomic E-state index is -6.18. The van der Waals surface area contributed by atoms with Crippen molar-refractivity contribution in [2.24, 2.45) is 0 Å². The Bertz CT molecular complexity index is 623. The van der Waals surface area contributed by atoms with Crippen LogP contribution < -0.4 is 0 Å². The Kier molecular flexibility index (Phi) is 8.13. The number of rotatable bonds is 5. The summed E-state index contributed by atoms with van der Waals surface area (Å²) in [5.74, 6) is 0. The lowest BCUT2D eigenvalue weighted by Gasteiger charge is -2.24. The molecule has 0 atom stereocenters. The summed E-state index contributed by atoms with van der Waals surface area (Å²) in [6.45, 7) is 7.45. The number of hydrogen-bond acceptors (Lipinski definition) is 5. The lowest BCUT2D eigenvalue weighted by molar-refractivity contribution is -0.0946. The predicted octanol–water partition coefficient (Wildman–Crippen LogP) is 3.19. The molecule has 0 aliphatic carbocycles. The molecule has 1 aliphatic rings. The molecule has 11 heteroatoms. The van der Waals surface area contributed by atoms with Crippen molar-refractivity contribution in [3.63, 3.8) is 0 Å². The van der Waals surface area contributed by atoms with Crippen LogP contribution in [-0.4, -0.2) is 61.2 Å². The molecule has 0 bridgehead atoms. The summed E-state index contributed by atoms with van der Waals surface area (Å²) in [4.78, 5) is 2.14. The number of morpholine rings is 1. The van der Waals surface area contributed by atoms with Crippen LogP contribution in [-0.2, 0) is 14.9 Å². The maximum absolute atomic E-state index is 13.1. The van der Waals surface area contributed by atoms with E-state index in [1.807, 2.05) is 0 Å². The van der Waals surface area contributed by atoms with Gasteiger partial charge in [0.15, 0.2) is 0 Å². The SMILES string of the molecule is CCN1CCOCC1.O=S(=O)(O)C(F)(F)C(F)(F)Sc1ccccc1. The second-order valence-corrected chi connectivity index (χ2v) is 7.62. The van der Waals surface area contributed by atoms with Gasteiger partial charge < -0.3 is 4.74 Å². The molecule has 0 spiro atoms. The zero-order valence-electron chi connectivity index (χ0n) is 13.4. The van der Waals surface area contributed by atoms with Crippen LogP contribution in [0.15, 0.2) is 35.2 Å². The van der Waals surface area contributed by atoms with Crippen LogP contribution in [0.5, 0.6) is 0 Å². The highest BCUT2D eigenvalue weighted by Crippen LogP contribution is 2.48. The molecule has 1 aromatic rings. The number of nitrogens with zero attached hydrogens (tertiary/aromatic N) is 1. The second-order valence-electron chi connectivity index (χ2n) is 4.97. The fourth-order valence-electron chi connectivity index (χ4n) is 1.76. The summed E-state index contributed by atoms with van der Waals surface area (Å²) < 4.78 is 85.3. The topological polar surface area (TPSA) is 66.8 Å². The maximum atomic E-state index is 13.1. The maximum Gasteiger partial charge on any atom is 0.442 e. The van der Waals surface area contributed by atoms with E-state index in [9.17, 15) is 26.0 Å². The Hall–Kier alpha value is -0.880. The number of likely N-dealkylation sites (N-methyl/N-ethyl adjacent to an activating group) is 1. The van der Waals surface area contributed by atoms with Gasteiger partial charge in [0.25, 0.3) is 0 Å². The van der Waals surface area contributed by atoms with Crippen LogP contribution in [0.1, 0.15) is 6.92 Å². The van der Waals surface area contributed by atoms with Crippen molar-refractivity contribution in [3.05, 3.63) is 30.3 Å². The van der Waals surface area contributed by atoms with Crippen molar-refractivity contribution in [2.75, 3.05) is 32.8 Å². The van der Waals surface area contributed by atoms with Crippen LogP contribution in [0.25, 0.3) is 0 Å². The quantitative estimate of drug-likeness (QED) is 0.461. The zero-order chi connectivity index (χ0) is 19.1. The lowest BCUT2D eigenvalue weighted by atomic mass is 10.4. The standard InChI is InChI=1S/C8H6F4O3S2.C6H13NO/c9-7(10,8(11,12)17(13,14)15)16-6-4-2-1-3-5-6;1-2-7-3-5-8-6-4-7/h1-5H,(H,13,14,15);2-6H2,1H3. The van der Waals surface area contributed by atoms with Gasteiger partial charge in [-0.15, -0.1) is 0 Å². The molecule has 1 saturated heterocycles. The molecule has 2 rings (SSSR count). The van der Waals surface area contributed by atoms with Gasteiger partial charge in [0, 0.05) is 18.0 Å². The van der Waals surface area contributed by atoms with Gasteiger partial charge in [-0.05, 0) is 30.4 Å². The number of hydrogen-bond donors (Lipinski definition) is 1. The Labute approximate surface area is 148 Å². The molecule has 1 N–H and O–H groups in total. The molecule has 0 radical (unpaired) electrons. The van der Waals surface area contributed by atoms with Gasteiger partial charge in [0.1, 0.15) is 0 Å². The minimum Gasteiger partial charge on any atom is -0.379 e. The lowest BCUT2D eigenvalue weighted by Crippen LogP contribution is -2.44. The van der Waals surface area contributed by atoms with E-state index < -0.39 is 32.4 Å². The minimum absolute atomic E-state index is 0.249. The summed E-state index contributed by atoms with van der Waals surface area (Å²) in [6.07, 6.45) is 0. The molecule has 5 nitrogen and oxygen atoms in total. The number of alkyl halides is 4. The van der Waals surface area contributed by atoms with E-state index in [0.29, 0.717) is 0 Å². The Morgan fingerprint density at radius 1 is 1.16 bits per heavy atom. The predicted molar refractivity (Wildman–Crippen MR) is 86.7 cm³/mol. The van der Waals surface area contributed by atoms with Crippen molar-refractivity contribution >= 4 is 21.9 Å². The third-order valence-electron chi connectivity index (χ3n) is 3.20. The van der Waals surface area contributed by atoms with E-state index in [2.05, 4.69) is 11.8 Å². The number of thioether (sulfide) groups is 1. The highest BCUT2D eigenvalue weighted by molar-refractivity contribution is 8.01. The molecule has 0 amide bonds. The third kappa shape index (κ3) is 6.41. The van der Waals surface area contributed by atoms with Crippen LogP contribution >= 0.6 is 11.8 Å². The normalized spacial score (nSPS) is 16.9. The van der Waals surface area contributed by atoms with Crippen molar-refractivity contribution in [1.29, 1.82) is 0 Å². The molecular formula is C14H19F4NO4S2. The molecule has 25 heavy (non-hydrogen) atoms. The van der Waals surface area contributed by atoms with Gasteiger partial charge in [-0.2, -0.15) is 26.0 Å². The molecule has 0 aromatic heterocycles. The summed E-state index contributed by atoms with van der Waals surface area (Å²) in [7, 11) is -6.18. The molecule has 1 aromatic carbocycles. The average molecular weight is 405 g/mol. The van der Waals surface area contributed by atoms with Gasteiger partial charge in [-0.3, -0.25) is 9.45 Å². The highest BCUT2D eigenvalue weighted by Gasteiger charge is 2.66. The first-order chi connectivity index (χ1) is 11.5. The molecule has 1 aliphatic heterocycles. The van der Waals surface area contributed by atoms with Crippen molar-refractivity contribution in [1.82, 2.24) is 4.90 Å². The van der Waals surface area contributed by atoms with E-state index in [4.69, 9.17) is 9.29 Å². The van der Waals surface area contributed by atoms with E-state index in [1.165, 1.54) is 24.7 Å². The molecule has 0 saturated carbocycles. The monoisotopic (exact) mass is 405 g/mol. The van der Waals surface area contributed by atoms with E-state index in [1.54, 1.807) is 0 Å². The zero-order valence-corrected chi connectivity index (χ0v) is 15.0. The highest BCUT2D eigenvalue weighted by atomic mass is 32.2.